The van der Waals surface area contributed by atoms with Gasteiger partial charge in [-0.05, 0) is 96.3 Å². The summed E-state index contributed by atoms with van der Waals surface area (Å²) in [6, 6.07) is 0. The molecule has 16 nitrogen and oxygen atoms in total. The van der Waals surface area contributed by atoms with Gasteiger partial charge in [0.15, 0.2) is 6.10 Å². The van der Waals surface area contributed by atoms with Crippen molar-refractivity contribution in [3.63, 3.8) is 0 Å². The molecule has 0 aliphatic carbocycles. The third-order valence-corrected chi connectivity index (χ3v) is 19.2. The molecule has 0 aliphatic heterocycles. The van der Waals surface area contributed by atoms with Crippen LogP contribution < -0.4 is 0 Å². The van der Waals surface area contributed by atoms with E-state index in [4.69, 9.17) is 32.3 Å². The molecule has 0 saturated carbocycles. The van der Waals surface area contributed by atoms with E-state index in [1.165, 1.54) is 154 Å². The van der Waals surface area contributed by atoms with Crippen LogP contribution in [0.2, 0.25) is 0 Å². The Balaban J connectivity index is 4.32. The van der Waals surface area contributed by atoms with Gasteiger partial charge in [0.2, 0.25) is 0 Å². The predicted molar refractivity (Wildman–Crippen MR) is 417 cm³/mol. The van der Waals surface area contributed by atoms with Gasteiger partial charge in [0.05, 0.1) is 26.4 Å². The van der Waals surface area contributed by atoms with Crippen molar-refractivity contribution in [2.75, 3.05) is 39.6 Å². The number of aliphatic hydroxyl groups is 2. The molecule has 18 heteroatoms. The molecular formula is C83H148O16P2. The zero-order chi connectivity index (χ0) is 73.7. The minimum Gasteiger partial charge on any atom is -0.463 e. The first-order valence-electron chi connectivity index (χ1n) is 40.5. The van der Waals surface area contributed by atoms with Gasteiger partial charge < -0.3 is 34.2 Å². The zero-order valence-electron chi connectivity index (χ0n) is 64.1. The van der Waals surface area contributed by atoms with Gasteiger partial charge in [0, 0.05) is 19.3 Å². The van der Waals surface area contributed by atoms with Crippen LogP contribution in [0.1, 0.15) is 355 Å². The molecule has 0 fully saturated rings. The highest BCUT2D eigenvalue weighted by atomic mass is 31.2. The van der Waals surface area contributed by atoms with Gasteiger partial charge in [0.25, 0.3) is 0 Å². The highest BCUT2D eigenvalue weighted by molar-refractivity contribution is 7.47. The number of hydrogen-bond donors (Lipinski definition) is 4. The molecule has 0 heterocycles. The molecule has 0 saturated heterocycles. The first kappa shape index (κ1) is 97.5. The Hall–Kier alpha value is -3.53. The Morgan fingerprint density at radius 1 is 0.287 bits per heavy atom. The Bertz CT molecular complexity index is 2220. The van der Waals surface area contributed by atoms with E-state index in [0.717, 1.165) is 141 Å². The molecule has 5 unspecified atom stereocenters. The molecule has 0 radical (unpaired) electrons. The summed E-state index contributed by atoms with van der Waals surface area (Å²) in [6.07, 6.45) is 87.7. The third-order valence-electron chi connectivity index (χ3n) is 17.3. The van der Waals surface area contributed by atoms with Gasteiger partial charge in [-0.15, -0.1) is 0 Å². The molecule has 0 aromatic carbocycles. The van der Waals surface area contributed by atoms with Gasteiger partial charge in [-0.25, -0.2) is 9.13 Å². The smallest absolute Gasteiger partial charge is 0.463 e. The van der Waals surface area contributed by atoms with Crippen LogP contribution in [0.5, 0.6) is 0 Å². The lowest BCUT2D eigenvalue weighted by atomic mass is 10.0. The summed E-state index contributed by atoms with van der Waals surface area (Å²) in [5.41, 5.74) is 0. The highest BCUT2D eigenvalue weighted by Gasteiger charge is 2.29. The van der Waals surface area contributed by atoms with Gasteiger partial charge in [-0.2, -0.15) is 0 Å². The second kappa shape index (κ2) is 76.1. The normalized spacial score (nSPS) is 14.5. The van der Waals surface area contributed by atoms with Crippen LogP contribution in [-0.4, -0.2) is 95.9 Å². The maximum Gasteiger partial charge on any atom is 0.472 e. The van der Waals surface area contributed by atoms with Crippen LogP contribution in [0.25, 0.3) is 0 Å². The monoisotopic (exact) mass is 1460 g/mol. The van der Waals surface area contributed by atoms with Crippen molar-refractivity contribution in [2.24, 2.45) is 0 Å². The standard InChI is InChI=1S/C83H148O16P2/c1-4-7-10-13-16-19-22-25-27-29-30-31-32-33-34-35-36-37-38-39-40-41-42-43-44-45-46-48-50-52-54-57-60-63-66-69-81(86)93-72-78(84)73-95-100(89,90)96-74-79(85)75-97-101(91,92)98-77-80(99-83(88)71-68-65-62-59-56-51-24-21-18-15-12-9-6-3)76-94-82(87)70-67-64-61-58-55-53-49-47-28-26-23-20-17-14-11-8-5-2/h7-8,10-11,16-17,19-20,25-28,30-31,33-34,78-80,84-85H,4-6,9,12-15,18,21-24,29,32,35-77H2,1-3H3,(H,89,90)(H,91,92)/b10-7-,11-8-,19-16-,20-17-,27-25-,28-26-,31-30-,34-33-. The van der Waals surface area contributed by atoms with Gasteiger partial charge in [0.1, 0.15) is 25.4 Å². The van der Waals surface area contributed by atoms with Crippen LogP contribution >= 0.6 is 15.6 Å². The lowest BCUT2D eigenvalue weighted by Gasteiger charge is -2.21. The molecule has 0 bridgehead atoms. The molecule has 0 aliphatic rings. The summed E-state index contributed by atoms with van der Waals surface area (Å²) in [6.45, 7) is 2.49. The van der Waals surface area contributed by atoms with E-state index in [0.29, 0.717) is 19.3 Å². The van der Waals surface area contributed by atoms with Crippen molar-refractivity contribution < 1.29 is 75.8 Å². The van der Waals surface area contributed by atoms with Crippen molar-refractivity contribution >= 4 is 33.6 Å². The number of aliphatic hydroxyl groups excluding tert-OH is 2. The predicted octanol–water partition coefficient (Wildman–Crippen LogP) is 23.8. The molecular weight excluding hydrogens is 1310 g/mol. The molecule has 0 rings (SSSR count). The van der Waals surface area contributed by atoms with E-state index in [2.05, 4.69) is 118 Å². The Kier molecular flexibility index (Phi) is 73.5. The fourth-order valence-electron chi connectivity index (χ4n) is 11.2. The topological polar surface area (TPSA) is 231 Å². The average molecular weight is 1460 g/mol. The van der Waals surface area contributed by atoms with Crippen LogP contribution in [0.3, 0.4) is 0 Å². The Labute approximate surface area is 616 Å². The molecule has 5 atom stereocenters. The molecule has 4 N–H and O–H groups in total. The molecule has 0 aromatic heterocycles. The van der Waals surface area contributed by atoms with E-state index in [-0.39, 0.29) is 19.3 Å². The Morgan fingerprint density at radius 2 is 0.525 bits per heavy atom. The van der Waals surface area contributed by atoms with E-state index >= 15 is 0 Å². The number of phosphoric ester groups is 2. The number of ether oxygens (including phenoxy) is 3. The summed E-state index contributed by atoms with van der Waals surface area (Å²) >= 11 is 0. The van der Waals surface area contributed by atoms with Crippen molar-refractivity contribution in [3.05, 3.63) is 97.2 Å². The van der Waals surface area contributed by atoms with Crippen molar-refractivity contribution in [1.29, 1.82) is 0 Å². The number of phosphoric acid groups is 2. The zero-order valence-corrected chi connectivity index (χ0v) is 65.9. The largest absolute Gasteiger partial charge is 0.472 e. The maximum absolute atomic E-state index is 12.9. The Morgan fingerprint density at radius 3 is 0.832 bits per heavy atom. The average Bonchev–Trinajstić information content (AvgIpc) is 0.940. The number of hydrogen-bond acceptors (Lipinski definition) is 14. The number of esters is 3. The summed E-state index contributed by atoms with van der Waals surface area (Å²) in [4.78, 5) is 58.6. The summed E-state index contributed by atoms with van der Waals surface area (Å²) in [7, 11) is -9.77. The summed E-state index contributed by atoms with van der Waals surface area (Å²) < 4.78 is 61.1. The lowest BCUT2D eigenvalue weighted by Crippen LogP contribution is -2.30. The van der Waals surface area contributed by atoms with E-state index in [1.54, 1.807) is 0 Å². The molecule has 0 aromatic rings. The number of unbranched alkanes of at least 4 members (excludes halogenated alkanes) is 38. The highest BCUT2D eigenvalue weighted by Crippen LogP contribution is 2.45. The first-order valence-corrected chi connectivity index (χ1v) is 43.5. The second-order valence-electron chi connectivity index (χ2n) is 27.2. The fraction of sp³-hybridized carbons (Fsp3) is 0.771. The summed E-state index contributed by atoms with van der Waals surface area (Å²) in [5.74, 6) is -1.57. The molecule has 0 amide bonds. The quantitative estimate of drug-likeness (QED) is 0.0146. The first-order chi connectivity index (χ1) is 49.2. The number of carbonyl (C=O) groups is 3. The SMILES string of the molecule is CC/C=C\C/C=C\C/C=C\C/C=C\C/C=C\CCCCCCCCCCCCCCCCCCCCCC(=O)OCC(O)COP(=O)(O)OCC(O)COP(=O)(O)OCC(COC(=O)CCCCCCCCC/C=C\C/C=C\C/C=C\CC)OC(=O)CCCCCCCCCCCCCCC. The second-order valence-corrected chi connectivity index (χ2v) is 30.1. The fourth-order valence-corrected chi connectivity index (χ4v) is 12.8. The van der Waals surface area contributed by atoms with E-state index in [9.17, 15) is 43.5 Å². The van der Waals surface area contributed by atoms with Gasteiger partial charge in [-0.3, -0.25) is 32.5 Å². The van der Waals surface area contributed by atoms with Crippen LogP contribution in [0.15, 0.2) is 97.2 Å². The lowest BCUT2D eigenvalue weighted by molar-refractivity contribution is -0.161. The molecule has 0 spiro atoms. The third kappa shape index (κ3) is 77.4. The maximum atomic E-state index is 12.9. The van der Waals surface area contributed by atoms with E-state index in [1.807, 2.05) is 0 Å². The van der Waals surface area contributed by atoms with Gasteiger partial charge in [-0.1, -0.05) is 336 Å². The van der Waals surface area contributed by atoms with Crippen LogP contribution in [0, 0.1) is 0 Å². The minimum atomic E-state index is -4.92. The number of carbonyl (C=O) groups excluding carboxylic acids is 3. The molecule has 101 heavy (non-hydrogen) atoms. The van der Waals surface area contributed by atoms with Crippen molar-refractivity contribution in [3.8, 4) is 0 Å². The van der Waals surface area contributed by atoms with Crippen LogP contribution in [-0.2, 0) is 55.8 Å². The number of rotatable bonds is 77. The van der Waals surface area contributed by atoms with Crippen LogP contribution in [0.4, 0.5) is 0 Å². The summed E-state index contributed by atoms with van der Waals surface area (Å²) in [5, 5.41) is 20.6. The van der Waals surface area contributed by atoms with Crippen molar-refractivity contribution in [2.45, 2.75) is 373 Å². The number of allylic oxidation sites excluding steroid dienone is 16. The molecule has 586 valence electrons. The van der Waals surface area contributed by atoms with Gasteiger partial charge >= 0.3 is 33.6 Å². The van der Waals surface area contributed by atoms with E-state index < -0.39 is 91.5 Å². The van der Waals surface area contributed by atoms with Crippen molar-refractivity contribution in [1.82, 2.24) is 0 Å². The minimum absolute atomic E-state index is 0.107.